The number of nitrogens with one attached hydrogen (secondary N) is 1. The monoisotopic (exact) mass is 416 g/mol. The van der Waals surface area contributed by atoms with Crippen molar-refractivity contribution >= 4 is 0 Å². The summed E-state index contributed by atoms with van der Waals surface area (Å²) >= 11 is 0. The van der Waals surface area contributed by atoms with Gasteiger partial charge in [0.1, 0.15) is 5.82 Å². The highest BCUT2D eigenvalue weighted by Gasteiger charge is 2.13. The highest BCUT2D eigenvalue weighted by atomic mass is 15.5. The number of hydrogen-bond donors (Lipinski definition) is 1. The van der Waals surface area contributed by atoms with E-state index in [-0.39, 0.29) is 0 Å². The molecule has 8 heteroatoms. The second-order valence-electron chi connectivity index (χ2n) is 7.66. The molecule has 0 atom stereocenters. The van der Waals surface area contributed by atoms with Crippen LogP contribution < -0.4 is 0 Å². The predicted molar refractivity (Wildman–Crippen MR) is 119 cm³/mol. The number of tetrazole rings is 1. The Morgan fingerprint density at radius 1 is 0.968 bits per heavy atom. The molecule has 0 amide bonds. The van der Waals surface area contributed by atoms with E-state index in [0.717, 1.165) is 60.7 Å². The van der Waals surface area contributed by atoms with Gasteiger partial charge in [-0.3, -0.25) is 4.98 Å². The van der Waals surface area contributed by atoms with Gasteiger partial charge in [0.25, 0.3) is 0 Å². The zero-order valence-electron chi connectivity index (χ0n) is 18.1. The molecule has 4 rings (SSSR count). The Morgan fingerprint density at radius 3 is 2.58 bits per heavy atom. The van der Waals surface area contributed by atoms with Crippen molar-refractivity contribution in [2.24, 2.45) is 0 Å². The van der Waals surface area contributed by atoms with Crippen LogP contribution in [0.3, 0.4) is 0 Å². The maximum Gasteiger partial charge on any atom is 0.181 e. The van der Waals surface area contributed by atoms with Crippen LogP contribution in [0.2, 0.25) is 0 Å². The first-order valence-electron chi connectivity index (χ1n) is 11.0. The van der Waals surface area contributed by atoms with Crippen LogP contribution in [0.25, 0.3) is 22.6 Å². The molecule has 0 unspecified atom stereocenters. The fourth-order valence-corrected chi connectivity index (χ4v) is 3.64. The zero-order chi connectivity index (χ0) is 21.5. The number of benzene rings is 1. The Bertz CT molecular complexity index is 1080. The minimum absolute atomic E-state index is 0.606. The van der Waals surface area contributed by atoms with Crippen LogP contribution in [-0.4, -0.2) is 40.4 Å². The molecular formula is C23H28N8. The first kappa shape index (κ1) is 20.8. The quantitative estimate of drug-likeness (QED) is 0.388. The Morgan fingerprint density at radius 2 is 1.84 bits per heavy atom. The van der Waals surface area contributed by atoms with Gasteiger partial charge in [-0.05, 0) is 41.0 Å². The number of nitrogens with zero attached hydrogens (tertiary/aromatic N) is 7. The van der Waals surface area contributed by atoms with Gasteiger partial charge in [-0.2, -0.15) is 5.10 Å². The lowest BCUT2D eigenvalue weighted by Gasteiger charge is -2.08. The summed E-state index contributed by atoms with van der Waals surface area (Å²) in [5, 5.41) is 19.0. The molecule has 8 nitrogen and oxygen atoms in total. The molecule has 0 spiro atoms. The van der Waals surface area contributed by atoms with Gasteiger partial charge in [-0.25, -0.2) is 14.8 Å². The van der Waals surface area contributed by atoms with E-state index in [1.54, 1.807) is 6.20 Å². The van der Waals surface area contributed by atoms with Gasteiger partial charge in [0.15, 0.2) is 11.6 Å². The molecule has 0 aliphatic rings. The van der Waals surface area contributed by atoms with Crippen molar-refractivity contribution in [3.8, 4) is 22.6 Å². The minimum Gasteiger partial charge on any atom is -0.255 e. The zero-order valence-corrected chi connectivity index (χ0v) is 18.1. The highest BCUT2D eigenvalue weighted by molar-refractivity contribution is 5.76. The third-order valence-electron chi connectivity index (χ3n) is 5.24. The summed E-state index contributed by atoms with van der Waals surface area (Å²) in [5.74, 6) is 2.64. The molecular weight excluding hydrogens is 388 g/mol. The van der Waals surface area contributed by atoms with Crippen molar-refractivity contribution in [2.45, 2.75) is 58.9 Å². The number of pyridine rings is 1. The molecule has 4 aromatic rings. The van der Waals surface area contributed by atoms with Gasteiger partial charge in [-0.15, -0.1) is 5.10 Å². The van der Waals surface area contributed by atoms with Crippen molar-refractivity contribution in [2.75, 3.05) is 0 Å². The second-order valence-corrected chi connectivity index (χ2v) is 7.66. The smallest absolute Gasteiger partial charge is 0.181 e. The van der Waals surface area contributed by atoms with E-state index in [9.17, 15) is 0 Å². The minimum atomic E-state index is 0.606. The Hall–Kier alpha value is -3.42. The molecule has 3 aromatic heterocycles. The molecule has 1 aromatic carbocycles. The van der Waals surface area contributed by atoms with Crippen LogP contribution in [0.4, 0.5) is 0 Å². The fourth-order valence-electron chi connectivity index (χ4n) is 3.64. The van der Waals surface area contributed by atoms with Gasteiger partial charge >= 0.3 is 0 Å². The Balaban J connectivity index is 1.53. The number of hydrogen-bond acceptors (Lipinski definition) is 6. The predicted octanol–water partition coefficient (Wildman–Crippen LogP) is 4.25. The molecule has 0 saturated carbocycles. The third-order valence-corrected chi connectivity index (χ3v) is 5.24. The second kappa shape index (κ2) is 10.1. The average molecular weight is 417 g/mol. The van der Waals surface area contributed by atoms with Crippen molar-refractivity contribution in [1.82, 2.24) is 40.4 Å². The average Bonchev–Trinajstić information content (AvgIpc) is 3.46. The maximum absolute atomic E-state index is 4.79. The van der Waals surface area contributed by atoms with E-state index in [0.29, 0.717) is 5.82 Å². The standard InChI is InChI=1S/C23H28N8/c1-3-5-6-10-20-25-21(8-4-2)31(28-20)16-17-11-13-18(14-12-17)22-19(9-7-15-24-22)23-26-29-30-27-23/h7,9,11-15H,3-6,8,10,16H2,1-2H3,(H,26,27,29,30). The summed E-state index contributed by atoms with van der Waals surface area (Å²) in [4.78, 5) is 9.35. The van der Waals surface area contributed by atoms with Crippen LogP contribution in [-0.2, 0) is 19.4 Å². The lowest BCUT2D eigenvalue weighted by Crippen LogP contribution is -2.07. The molecule has 0 aliphatic carbocycles. The molecule has 0 fully saturated rings. The Labute approximate surface area is 182 Å². The molecule has 160 valence electrons. The van der Waals surface area contributed by atoms with E-state index < -0.39 is 0 Å². The van der Waals surface area contributed by atoms with Gasteiger partial charge in [0.05, 0.1) is 12.2 Å². The van der Waals surface area contributed by atoms with Gasteiger partial charge in [0.2, 0.25) is 0 Å². The Kier molecular flexibility index (Phi) is 6.76. The van der Waals surface area contributed by atoms with Crippen LogP contribution in [0.1, 0.15) is 56.7 Å². The number of aromatic amines is 1. The van der Waals surface area contributed by atoms with E-state index in [1.165, 1.54) is 18.4 Å². The van der Waals surface area contributed by atoms with Crippen LogP contribution in [0.5, 0.6) is 0 Å². The van der Waals surface area contributed by atoms with Crippen molar-refractivity contribution in [1.29, 1.82) is 0 Å². The third kappa shape index (κ3) is 5.02. The lowest BCUT2D eigenvalue weighted by molar-refractivity contribution is 0.618. The number of rotatable bonds is 10. The molecule has 3 heterocycles. The highest BCUT2D eigenvalue weighted by Crippen LogP contribution is 2.27. The number of aromatic nitrogens is 8. The lowest BCUT2D eigenvalue weighted by atomic mass is 10.0. The van der Waals surface area contributed by atoms with Gasteiger partial charge < -0.3 is 0 Å². The summed E-state index contributed by atoms with van der Waals surface area (Å²) in [6.07, 6.45) is 8.32. The number of aryl methyl sites for hydroxylation is 2. The summed E-state index contributed by atoms with van der Waals surface area (Å²) in [6, 6.07) is 12.3. The van der Waals surface area contributed by atoms with E-state index in [4.69, 9.17) is 10.1 Å². The van der Waals surface area contributed by atoms with E-state index in [2.05, 4.69) is 68.4 Å². The molecule has 1 N–H and O–H groups in total. The normalized spacial score (nSPS) is 11.2. The summed E-state index contributed by atoms with van der Waals surface area (Å²) in [7, 11) is 0. The first-order valence-corrected chi connectivity index (χ1v) is 11.0. The van der Waals surface area contributed by atoms with Crippen molar-refractivity contribution in [3.63, 3.8) is 0 Å². The first-order chi connectivity index (χ1) is 15.3. The summed E-state index contributed by atoms with van der Waals surface area (Å²) in [6.45, 7) is 5.12. The molecule has 0 aliphatic heterocycles. The largest absolute Gasteiger partial charge is 0.255 e. The maximum atomic E-state index is 4.79. The van der Waals surface area contributed by atoms with Crippen molar-refractivity contribution < 1.29 is 0 Å². The van der Waals surface area contributed by atoms with E-state index in [1.807, 2.05) is 12.1 Å². The fraction of sp³-hybridized carbons (Fsp3) is 0.391. The topological polar surface area (TPSA) is 98.1 Å². The van der Waals surface area contributed by atoms with Gasteiger partial charge in [-0.1, -0.05) is 51.0 Å². The van der Waals surface area contributed by atoms with Crippen molar-refractivity contribution in [3.05, 3.63) is 59.8 Å². The van der Waals surface area contributed by atoms with Crippen LogP contribution in [0.15, 0.2) is 42.6 Å². The summed E-state index contributed by atoms with van der Waals surface area (Å²) < 4.78 is 2.06. The molecule has 0 bridgehead atoms. The number of unbranched alkanes of at least 4 members (excludes halogenated alkanes) is 2. The molecule has 0 saturated heterocycles. The SMILES string of the molecule is CCCCCc1nc(CCC)n(Cc2ccc(-c3ncccc3-c3nnn[nH]3)cc2)n1. The van der Waals surface area contributed by atoms with Gasteiger partial charge in [0, 0.05) is 30.2 Å². The molecule has 0 radical (unpaired) electrons. The van der Waals surface area contributed by atoms with E-state index >= 15 is 0 Å². The van der Waals surface area contributed by atoms with Crippen LogP contribution in [0, 0.1) is 0 Å². The summed E-state index contributed by atoms with van der Waals surface area (Å²) in [5.41, 5.74) is 3.92. The molecule has 31 heavy (non-hydrogen) atoms. The van der Waals surface area contributed by atoms with Crippen LogP contribution >= 0.6 is 0 Å². The number of H-pyrrole nitrogens is 1.